The van der Waals surface area contributed by atoms with Crippen LogP contribution < -0.4 is 5.56 Å². The van der Waals surface area contributed by atoms with Gasteiger partial charge in [0, 0.05) is 53.5 Å². The van der Waals surface area contributed by atoms with Gasteiger partial charge >= 0.3 is 5.97 Å². The SMILES string of the molecule is O=C1OC(c2ccc(Br)cc2)=NC1=CN1CC2CC(C1)c1cccc(=O)n1C2. The van der Waals surface area contributed by atoms with Gasteiger partial charge in [0.2, 0.25) is 5.90 Å². The molecular weight excluding hydrogens is 422 g/mol. The van der Waals surface area contributed by atoms with Crippen molar-refractivity contribution in [3.8, 4) is 0 Å². The molecule has 2 unspecified atom stereocenters. The highest BCUT2D eigenvalue weighted by molar-refractivity contribution is 9.10. The molecule has 6 nitrogen and oxygen atoms in total. The maximum atomic E-state index is 12.3. The number of rotatable bonds is 2. The summed E-state index contributed by atoms with van der Waals surface area (Å²) in [4.78, 5) is 31.0. The van der Waals surface area contributed by atoms with Crippen LogP contribution in [-0.4, -0.2) is 34.4 Å². The Labute approximate surface area is 170 Å². The monoisotopic (exact) mass is 439 g/mol. The number of hydrogen-bond donors (Lipinski definition) is 0. The van der Waals surface area contributed by atoms with E-state index in [1.807, 2.05) is 47.2 Å². The lowest BCUT2D eigenvalue weighted by atomic mass is 9.83. The number of aromatic nitrogens is 1. The van der Waals surface area contributed by atoms with E-state index in [9.17, 15) is 9.59 Å². The number of likely N-dealkylation sites (tertiary alicyclic amines) is 1. The average Bonchev–Trinajstić information content (AvgIpc) is 3.04. The first-order valence-corrected chi connectivity index (χ1v) is 10.1. The zero-order chi connectivity index (χ0) is 19.3. The number of pyridine rings is 1. The second-order valence-electron chi connectivity index (χ2n) is 7.48. The smallest absolute Gasteiger partial charge is 0.365 e. The zero-order valence-corrected chi connectivity index (χ0v) is 16.6. The van der Waals surface area contributed by atoms with Crippen molar-refractivity contribution in [1.82, 2.24) is 9.47 Å². The van der Waals surface area contributed by atoms with Gasteiger partial charge in [-0.15, -0.1) is 0 Å². The molecule has 1 aromatic carbocycles. The molecule has 3 aliphatic heterocycles. The number of ether oxygens (including phenoxy) is 1. The average molecular weight is 440 g/mol. The van der Waals surface area contributed by atoms with Crippen LogP contribution in [0, 0.1) is 5.92 Å². The van der Waals surface area contributed by atoms with Crippen LogP contribution in [0.5, 0.6) is 0 Å². The van der Waals surface area contributed by atoms with Crippen molar-refractivity contribution in [3.63, 3.8) is 0 Å². The first-order chi connectivity index (χ1) is 13.6. The molecule has 1 fully saturated rings. The van der Waals surface area contributed by atoms with Crippen molar-refractivity contribution in [2.45, 2.75) is 18.9 Å². The van der Waals surface area contributed by atoms with Crippen LogP contribution in [0.1, 0.15) is 23.6 Å². The van der Waals surface area contributed by atoms with E-state index in [2.05, 4.69) is 25.8 Å². The number of carbonyl (C=O) groups excluding carboxylic acids is 1. The fourth-order valence-corrected chi connectivity index (χ4v) is 4.59. The number of carbonyl (C=O) groups is 1. The van der Waals surface area contributed by atoms with Gasteiger partial charge in [0.05, 0.1) is 0 Å². The van der Waals surface area contributed by atoms with E-state index in [0.29, 0.717) is 17.5 Å². The first-order valence-electron chi connectivity index (χ1n) is 9.29. The first kappa shape index (κ1) is 17.4. The maximum Gasteiger partial charge on any atom is 0.365 e. The lowest BCUT2D eigenvalue weighted by molar-refractivity contribution is -0.130. The molecule has 0 N–H and O–H groups in total. The highest BCUT2D eigenvalue weighted by Crippen LogP contribution is 2.35. The van der Waals surface area contributed by atoms with Crippen molar-refractivity contribution < 1.29 is 9.53 Å². The van der Waals surface area contributed by atoms with Gasteiger partial charge in [-0.2, -0.15) is 0 Å². The largest absolute Gasteiger partial charge is 0.402 e. The highest BCUT2D eigenvalue weighted by atomic mass is 79.9. The minimum absolute atomic E-state index is 0.0714. The molecule has 142 valence electrons. The summed E-state index contributed by atoms with van der Waals surface area (Å²) in [5, 5.41) is 0. The third kappa shape index (κ3) is 3.09. The molecule has 3 aliphatic rings. The number of aliphatic imine (C=N–C) groups is 1. The molecule has 0 aliphatic carbocycles. The van der Waals surface area contributed by atoms with Crippen LogP contribution in [0.4, 0.5) is 0 Å². The van der Waals surface area contributed by atoms with Gasteiger partial charge in [-0.25, -0.2) is 9.79 Å². The number of hydrogen-bond acceptors (Lipinski definition) is 5. The molecule has 28 heavy (non-hydrogen) atoms. The number of piperidine rings is 1. The van der Waals surface area contributed by atoms with Gasteiger partial charge in [-0.3, -0.25) is 4.79 Å². The molecule has 0 spiro atoms. The van der Waals surface area contributed by atoms with Crippen molar-refractivity contribution in [2.24, 2.45) is 10.9 Å². The van der Waals surface area contributed by atoms with Crippen LogP contribution in [0.3, 0.4) is 0 Å². The second kappa shape index (κ2) is 6.74. The van der Waals surface area contributed by atoms with E-state index in [4.69, 9.17) is 4.74 Å². The number of cyclic esters (lactones) is 1. The molecular formula is C21H18BrN3O3. The standard InChI is InChI=1S/C21H18BrN3O3/c22-16-6-4-14(5-7-16)20-23-17(21(27)28-20)12-24-9-13-8-15(11-24)18-2-1-3-19(26)25(18)10-13/h1-7,12-13,15H,8-11H2. The van der Waals surface area contributed by atoms with E-state index < -0.39 is 5.97 Å². The Balaban J connectivity index is 1.40. The molecule has 0 saturated carbocycles. The van der Waals surface area contributed by atoms with E-state index in [1.54, 1.807) is 6.07 Å². The summed E-state index contributed by atoms with van der Waals surface area (Å²) < 4.78 is 8.22. The molecule has 0 radical (unpaired) electrons. The quantitative estimate of drug-likeness (QED) is 0.532. The number of benzene rings is 1. The summed E-state index contributed by atoms with van der Waals surface area (Å²) in [7, 11) is 0. The van der Waals surface area contributed by atoms with E-state index in [-0.39, 0.29) is 11.5 Å². The van der Waals surface area contributed by atoms with Gasteiger partial charge in [-0.1, -0.05) is 22.0 Å². The lowest BCUT2D eigenvalue weighted by Crippen LogP contribution is -2.45. The minimum atomic E-state index is -0.426. The molecule has 2 aromatic rings. The van der Waals surface area contributed by atoms with Gasteiger partial charge in [0.15, 0.2) is 5.70 Å². The summed E-state index contributed by atoms with van der Waals surface area (Å²) in [6.45, 7) is 2.29. The summed E-state index contributed by atoms with van der Waals surface area (Å²) in [6.07, 6.45) is 2.88. The van der Waals surface area contributed by atoms with E-state index in [1.165, 1.54) is 0 Å². The Morgan fingerprint density at radius 1 is 1.07 bits per heavy atom. The number of nitrogens with zero attached hydrogens (tertiary/aromatic N) is 3. The predicted molar refractivity (Wildman–Crippen MR) is 108 cm³/mol. The van der Waals surface area contributed by atoms with Gasteiger partial charge in [-0.05, 0) is 42.7 Å². The molecule has 2 bridgehead atoms. The fourth-order valence-electron chi connectivity index (χ4n) is 4.33. The van der Waals surface area contributed by atoms with Gasteiger partial charge in [0.1, 0.15) is 0 Å². The van der Waals surface area contributed by atoms with Crippen LogP contribution in [-0.2, 0) is 16.1 Å². The topological polar surface area (TPSA) is 63.9 Å². The molecule has 5 rings (SSSR count). The summed E-state index contributed by atoms with van der Waals surface area (Å²) in [5.74, 6) is 0.573. The molecule has 4 heterocycles. The van der Waals surface area contributed by atoms with Crippen LogP contribution in [0.2, 0.25) is 0 Å². The summed E-state index contributed by atoms with van der Waals surface area (Å²) >= 11 is 3.40. The number of halogens is 1. The Morgan fingerprint density at radius 3 is 2.71 bits per heavy atom. The molecule has 7 heteroatoms. The van der Waals surface area contributed by atoms with Crippen molar-refractivity contribution in [3.05, 3.63) is 80.4 Å². The third-order valence-corrected chi connectivity index (χ3v) is 6.05. The maximum absolute atomic E-state index is 12.3. The molecule has 1 aromatic heterocycles. The highest BCUT2D eigenvalue weighted by Gasteiger charge is 2.34. The predicted octanol–water partition coefficient (Wildman–Crippen LogP) is 2.87. The van der Waals surface area contributed by atoms with Crippen molar-refractivity contribution >= 4 is 27.8 Å². The van der Waals surface area contributed by atoms with E-state index >= 15 is 0 Å². The zero-order valence-electron chi connectivity index (χ0n) is 15.0. The molecule has 1 saturated heterocycles. The number of esters is 1. The summed E-state index contributed by atoms with van der Waals surface area (Å²) in [6, 6.07) is 13.0. The fraction of sp³-hybridized carbons (Fsp3) is 0.286. The second-order valence-corrected chi connectivity index (χ2v) is 8.40. The van der Waals surface area contributed by atoms with Crippen molar-refractivity contribution in [1.29, 1.82) is 0 Å². The lowest BCUT2D eigenvalue weighted by Gasteiger charge is -2.42. The molecule has 2 atom stereocenters. The van der Waals surface area contributed by atoms with Crippen LogP contribution in [0.25, 0.3) is 0 Å². The third-order valence-electron chi connectivity index (χ3n) is 5.52. The molecule has 0 amide bonds. The van der Waals surface area contributed by atoms with Crippen molar-refractivity contribution in [2.75, 3.05) is 13.1 Å². The number of fused-ring (bicyclic) bond motifs is 4. The Morgan fingerprint density at radius 2 is 1.89 bits per heavy atom. The Hall–Kier alpha value is -2.67. The Bertz CT molecular complexity index is 1070. The van der Waals surface area contributed by atoms with Gasteiger partial charge in [0.25, 0.3) is 5.56 Å². The normalized spacial score (nSPS) is 24.8. The minimum Gasteiger partial charge on any atom is -0.402 e. The van der Waals surface area contributed by atoms with Crippen LogP contribution >= 0.6 is 15.9 Å². The summed E-state index contributed by atoms with van der Waals surface area (Å²) in [5.41, 5.74) is 2.24. The van der Waals surface area contributed by atoms with Gasteiger partial charge < -0.3 is 14.2 Å². The Kier molecular flexibility index (Phi) is 4.19. The van der Waals surface area contributed by atoms with Crippen LogP contribution in [0.15, 0.2) is 68.6 Å². The van der Waals surface area contributed by atoms with E-state index in [0.717, 1.165) is 41.8 Å².